The Bertz CT molecular complexity index is 1460. The zero-order valence-corrected chi connectivity index (χ0v) is 18.1. The molecule has 0 saturated carbocycles. The van der Waals surface area contributed by atoms with Gasteiger partial charge in [0.25, 0.3) is 5.91 Å². The van der Waals surface area contributed by atoms with Crippen LogP contribution < -0.4 is 5.73 Å². The van der Waals surface area contributed by atoms with Crippen LogP contribution in [0.5, 0.6) is 0 Å². The van der Waals surface area contributed by atoms with Crippen molar-refractivity contribution in [3.05, 3.63) is 64.8 Å². The number of pyridine rings is 1. The van der Waals surface area contributed by atoms with Gasteiger partial charge in [0.2, 0.25) is 0 Å². The SMILES string of the molecule is Cn1ncc2c3cc4c(cc3nc(N)c21)C[C@@H]1COC[C@H](c2ccc(C(F)(F)F)cc2)N1C4=O. The fourth-order valence-corrected chi connectivity index (χ4v) is 5.17. The van der Waals surface area contributed by atoms with Crippen LogP contribution in [0.2, 0.25) is 0 Å². The second kappa shape index (κ2) is 7.17. The molecule has 0 spiro atoms. The minimum absolute atomic E-state index is 0.171. The molecule has 4 heterocycles. The van der Waals surface area contributed by atoms with E-state index in [1.54, 1.807) is 22.8 Å². The highest BCUT2D eigenvalue weighted by molar-refractivity contribution is 6.11. The quantitative estimate of drug-likeness (QED) is 0.460. The van der Waals surface area contributed by atoms with Gasteiger partial charge >= 0.3 is 6.18 Å². The molecule has 0 aliphatic carbocycles. The van der Waals surface area contributed by atoms with E-state index in [9.17, 15) is 18.0 Å². The van der Waals surface area contributed by atoms with E-state index in [2.05, 4.69) is 10.1 Å². The van der Waals surface area contributed by atoms with Crippen LogP contribution in [0.15, 0.2) is 42.6 Å². The lowest BCUT2D eigenvalue weighted by Crippen LogP contribution is -2.54. The molecule has 1 fully saturated rings. The van der Waals surface area contributed by atoms with Crippen LogP contribution in [0, 0.1) is 0 Å². The number of nitrogens with two attached hydrogens (primary N) is 1. The van der Waals surface area contributed by atoms with Crippen molar-refractivity contribution in [2.24, 2.45) is 7.05 Å². The van der Waals surface area contributed by atoms with Crippen molar-refractivity contribution < 1.29 is 22.7 Å². The van der Waals surface area contributed by atoms with Crippen molar-refractivity contribution in [2.45, 2.75) is 24.7 Å². The summed E-state index contributed by atoms with van der Waals surface area (Å²) in [6, 6.07) is 7.97. The summed E-state index contributed by atoms with van der Waals surface area (Å²) in [5.41, 5.74) is 8.84. The van der Waals surface area contributed by atoms with Gasteiger partial charge in [-0.05, 0) is 41.8 Å². The van der Waals surface area contributed by atoms with Gasteiger partial charge in [-0.1, -0.05) is 12.1 Å². The molecule has 2 aromatic heterocycles. The topological polar surface area (TPSA) is 86.3 Å². The first kappa shape index (κ1) is 20.9. The molecule has 2 N–H and O–H groups in total. The maximum atomic E-state index is 13.7. The highest BCUT2D eigenvalue weighted by Crippen LogP contribution is 2.38. The van der Waals surface area contributed by atoms with Gasteiger partial charge in [0.15, 0.2) is 0 Å². The van der Waals surface area contributed by atoms with Crippen molar-refractivity contribution in [3.63, 3.8) is 0 Å². The predicted molar refractivity (Wildman–Crippen MR) is 119 cm³/mol. The van der Waals surface area contributed by atoms with Crippen LogP contribution in [0.25, 0.3) is 21.8 Å². The molecule has 2 aromatic carbocycles. The van der Waals surface area contributed by atoms with Crippen LogP contribution in [-0.4, -0.2) is 44.8 Å². The minimum Gasteiger partial charge on any atom is -0.382 e. The van der Waals surface area contributed by atoms with Gasteiger partial charge in [0, 0.05) is 23.4 Å². The number of halogens is 3. The maximum Gasteiger partial charge on any atom is 0.416 e. The van der Waals surface area contributed by atoms with E-state index in [1.807, 2.05) is 12.1 Å². The molecule has 0 bridgehead atoms. The highest BCUT2D eigenvalue weighted by atomic mass is 19.4. The number of anilines is 1. The van der Waals surface area contributed by atoms with Crippen molar-refractivity contribution >= 4 is 33.5 Å². The highest BCUT2D eigenvalue weighted by Gasteiger charge is 2.41. The number of aromatic nitrogens is 3. The molecule has 174 valence electrons. The second-order valence-corrected chi connectivity index (χ2v) is 8.80. The maximum absolute atomic E-state index is 13.7. The van der Waals surface area contributed by atoms with Crippen LogP contribution in [0.4, 0.5) is 19.0 Å². The summed E-state index contributed by atoms with van der Waals surface area (Å²) < 4.78 is 46.5. The Morgan fingerprint density at radius 3 is 2.62 bits per heavy atom. The lowest BCUT2D eigenvalue weighted by molar-refractivity contribution is -0.137. The van der Waals surface area contributed by atoms with E-state index in [1.165, 1.54) is 12.1 Å². The molecule has 6 rings (SSSR count). The number of carbonyl (C=O) groups is 1. The van der Waals surface area contributed by atoms with Crippen molar-refractivity contribution in [1.82, 2.24) is 19.7 Å². The zero-order chi connectivity index (χ0) is 23.8. The Labute approximate surface area is 191 Å². The van der Waals surface area contributed by atoms with Crippen LogP contribution in [-0.2, 0) is 24.4 Å². The Morgan fingerprint density at radius 2 is 1.88 bits per heavy atom. The molecule has 2 aliphatic heterocycles. The number of nitrogens with zero attached hydrogens (tertiary/aromatic N) is 4. The number of alkyl halides is 3. The molecule has 4 aromatic rings. The molecule has 34 heavy (non-hydrogen) atoms. The van der Waals surface area contributed by atoms with Crippen molar-refractivity contribution in [3.8, 4) is 0 Å². The number of benzene rings is 2. The van der Waals surface area contributed by atoms with Gasteiger partial charge in [0.1, 0.15) is 11.3 Å². The van der Waals surface area contributed by atoms with Gasteiger partial charge in [-0.2, -0.15) is 18.3 Å². The molecule has 0 radical (unpaired) electrons. The zero-order valence-electron chi connectivity index (χ0n) is 18.1. The summed E-state index contributed by atoms with van der Waals surface area (Å²) >= 11 is 0. The molecular formula is C24H20F3N5O2. The smallest absolute Gasteiger partial charge is 0.382 e. The number of carbonyl (C=O) groups excluding carboxylic acids is 1. The van der Waals surface area contributed by atoms with E-state index in [4.69, 9.17) is 10.5 Å². The lowest BCUT2D eigenvalue weighted by atomic mass is 9.88. The lowest BCUT2D eigenvalue weighted by Gasteiger charge is -2.45. The number of aryl methyl sites for hydroxylation is 1. The number of ether oxygens (including phenoxy) is 1. The molecule has 1 saturated heterocycles. The molecule has 1 amide bonds. The minimum atomic E-state index is -4.42. The average Bonchev–Trinajstić information content (AvgIpc) is 3.20. The molecule has 2 atom stereocenters. The Hall–Kier alpha value is -3.66. The molecular weight excluding hydrogens is 447 g/mol. The monoisotopic (exact) mass is 467 g/mol. The number of rotatable bonds is 1. The number of morpholine rings is 1. The first-order valence-corrected chi connectivity index (χ1v) is 10.8. The largest absolute Gasteiger partial charge is 0.416 e. The van der Waals surface area contributed by atoms with E-state index >= 15 is 0 Å². The van der Waals surface area contributed by atoms with E-state index in [0.717, 1.165) is 28.5 Å². The number of fused-ring (bicyclic) bond motifs is 5. The normalized spacial score (nSPS) is 20.6. The van der Waals surface area contributed by atoms with Crippen LogP contribution >= 0.6 is 0 Å². The predicted octanol–water partition coefficient (Wildman–Crippen LogP) is 3.86. The van der Waals surface area contributed by atoms with Crippen LogP contribution in [0.3, 0.4) is 0 Å². The molecule has 0 unspecified atom stereocenters. The third-order valence-electron chi connectivity index (χ3n) is 6.79. The number of hydrogen-bond acceptors (Lipinski definition) is 5. The third kappa shape index (κ3) is 3.05. The standard InChI is InChI=1S/C24H20F3N5O2/c1-31-21-18(9-29-31)17-8-16-13(7-19(17)30-22(21)28)6-15-10-34-11-20(32(15)23(16)33)12-2-4-14(5-3-12)24(25,26)27/h2-5,7-9,15,20H,6,10-11H2,1H3,(H2,28,30)/t15-,20-/m1/s1. The van der Waals surface area contributed by atoms with Crippen LogP contribution in [0.1, 0.15) is 33.1 Å². The third-order valence-corrected chi connectivity index (χ3v) is 6.79. The Balaban J connectivity index is 1.44. The van der Waals surface area contributed by atoms with Crippen molar-refractivity contribution in [2.75, 3.05) is 18.9 Å². The average molecular weight is 467 g/mol. The van der Waals surface area contributed by atoms with Gasteiger partial charge in [-0.15, -0.1) is 0 Å². The molecule has 7 nitrogen and oxygen atoms in total. The van der Waals surface area contributed by atoms with Gasteiger partial charge in [0.05, 0.1) is 42.6 Å². The summed E-state index contributed by atoms with van der Waals surface area (Å²) in [6.07, 6.45) is -2.15. The summed E-state index contributed by atoms with van der Waals surface area (Å²) in [5.74, 6) is 0.199. The fraction of sp³-hybridized carbons (Fsp3) is 0.292. The first-order chi connectivity index (χ1) is 16.2. The van der Waals surface area contributed by atoms with Gasteiger partial charge < -0.3 is 15.4 Å². The van der Waals surface area contributed by atoms with E-state index < -0.39 is 17.8 Å². The molecule has 2 aliphatic rings. The summed E-state index contributed by atoms with van der Waals surface area (Å²) in [4.78, 5) is 20.0. The molecule has 10 heteroatoms. The Morgan fingerprint density at radius 1 is 1.12 bits per heavy atom. The number of nitrogen functional groups attached to an aromatic ring is 1. The summed E-state index contributed by atoms with van der Waals surface area (Å²) in [5, 5.41) is 5.87. The number of amides is 1. The summed E-state index contributed by atoms with van der Waals surface area (Å²) in [6.45, 7) is 0.582. The van der Waals surface area contributed by atoms with E-state index in [-0.39, 0.29) is 18.6 Å². The van der Waals surface area contributed by atoms with Gasteiger partial charge in [-0.25, -0.2) is 4.98 Å². The summed E-state index contributed by atoms with van der Waals surface area (Å²) in [7, 11) is 1.78. The Kier molecular flexibility index (Phi) is 4.41. The van der Waals surface area contributed by atoms with Crippen molar-refractivity contribution in [1.29, 1.82) is 0 Å². The number of hydrogen-bond donors (Lipinski definition) is 1. The first-order valence-electron chi connectivity index (χ1n) is 10.8. The van der Waals surface area contributed by atoms with E-state index in [0.29, 0.717) is 41.0 Å². The second-order valence-electron chi connectivity index (χ2n) is 8.80. The van der Waals surface area contributed by atoms with Gasteiger partial charge in [-0.3, -0.25) is 9.48 Å². The fourth-order valence-electron chi connectivity index (χ4n) is 5.17.